The van der Waals surface area contributed by atoms with E-state index in [1.165, 1.54) is 0 Å². The number of carboxylic acids is 1. The number of carboxylic acid groups (broad SMARTS) is 1. The molecule has 0 bridgehead atoms. The Morgan fingerprint density at radius 3 is 2.50 bits per heavy atom. The molecule has 4 nitrogen and oxygen atoms in total. The first kappa shape index (κ1) is 7.84. The second-order valence-electron chi connectivity index (χ2n) is 2.54. The van der Waals surface area contributed by atoms with Gasteiger partial charge < -0.3 is 10.3 Å². The Morgan fingerprint density at radius 1 is 1.90 bits per heavy atom. The van der Waals surface area contributed by atoms with Gasteiger partial charge >= 0.3 is 5.97 Å². The smallest absolute Gasteiger partial charge is 0.324 e. The molecule has 0 aromatic rings. The molecule has 0 aromatic heterocycles. The summed E-state index contributed by atoms with van der Waals surface area (Å²) in [5, 5.41) is 12.3. The predicted molar refractivity (Wildman–Crippen MR) is 39.4 cm³/mol. The molecule has 10 heavy (non-hydrogen) atoms. The minimum atomic E-state index is -1.10. The molecule has 0 aliphatic heterocycles. The summed E-state index contributed by atoms with van der Waals surface area (Å²) >= 11 is 4.02. The molecule has 0 amide bonds. The van der Waals surface area contributed by atoms with Crippen LogP contribution in [0.25, 0.3) is 0 Å². The summed E-state index contributed by atoms with van der Waals surface area (Å²) in [4.78, 5) is 10.5. The SMILES string of the molecule is [2H]ON[C@H](C(=O)O)C(C)(C)S. The normalized spacial score (nSPS) is 16.1. The van der Waals surface area contributed by atoms with Crippen molar-refractivity contribution in [2.75, 3.05) is 0 Å². The quantitative estimate of drug-likeness (QED) is 0.354. The van der Waals surface area contributed by atoms with Gasteiger partial charge in [-0.3, -0.25) is 4.79 Å². The summed E-state index contributed by atoms with van der Waals surface area (Å²) in [6.45, 7) is 3.22. The number of thiol groups is 1. The predicted octanol–water partition coefficient (Wildman–Crippen LogP) is 0.127. The average molecular weight is 166 g/mol. The monoisotopic (exact) mass is 166 g/mol. The second kappa shape index (κ2) is 3.23. The van der Waals surface area contributed by atoms with Crippen LogP contribution in [-0.4, -0.2) is 27.1 Å². The van der Waals surface area contributed by atoms with E-state index in [2.05, 4.69) is 17.8 Å². The van der Waals surface area contributed by atoms with Crippen LogP contribution in [0.15, 0.2) is 0 Å². The summed E-state index contributed by atoms with van der Waals surface area (Å²) in [7, 11) is 0. The fraction of sp³-hybridized carbons (Fsp3) is 0.800. The molecule has 0 saturated heterocycles. The number of carbonyl (C=O) groups is 1. The van der Waals surface area contributed by atoms with Gasteiger partial charge in [0.25, 0.3) is 0 Å². The van der Waals surface area contributed by atoms with Gasteiger partial charge in [0.05, 0.1) is 0 Å². The van der Waals surface area contributed by atoms with Crippen molar-refractivity contribution in [3.05, 3.63) is 0 Å². The van der Waals surface area contributed by atoms with Crippen LogP contribution in [-0.2, 0) is 4.79 Å². The first-order chi connectivity index (χ1) is 4.89. The lowest BCUT2D eigenvalue weighted by Gasteiger charge is -2.23. The van der Waals surface area contributed by atoms with Crippen LogP contribution in [0.5, 0.6) is 0 Å². The number of hydrogen-bond acceptors (Lipinski definition) is 4. The zero-order chi connectivity index (χ0) is 9.07. The third-order valence-electron chi connectivity index (χ3n) is 1.07. The van der Waals surface area contributed by atoms with E-state index in [1.807, 2.05) is 5.48 Å². The van der Waals surface area contributed by atoms with Crippen LogP contribution in [0.3, 0.4) is 0 Å². The van der Waals surface area contributed by atoms with E-state index in [0.717, 1.165) is 0 Å². The van der Waals surface area contributed by atoms with E-state index in [1.54, 1.807) is 13.8 Å². The highest BCUT2D eigenvalue weighted by atomic mass is 32.1. The van der Waals surface area contributed by atoms with Crippen molar-refractivity contribution in [3.63, 3.8) is 0 Å². The molecule has 0 aromatic carbocycles. The molecule has 0 fully saturated rings. The summed E-state index contributed by atoms with van der Waals surface area (Å²) < 4.78 is 5.53. The molecule has 5 heteroatoms. The fourth-order valence-corrected chi connectivity index (χ4v) is 0.660. The Hall–Kier alpha value is -0.260. The van der Waals surface area contributed by atoms with Gasteiger partial charge in [-0.25, -0.2) is 0 Å². The van der Waals surface area contributed by atoms with Gasteiger partial charge in [-0.15, -0.1) is 0 Å². The standard InChI is InChI=1S/C5H11NO3S/c1-5(2,10)3(6-9)4(7)8/h3,6,9-10H,1-2H3,(H,7,8)/t3-/m1/s1/i9D. The van der Waals surface area contributed by atoms with Crippen molar-refractivity contribution in [2.45, 2.75) is 24.6 Å². The molecule has 1 atom stereocenters. The number of rotatable bonds is 4. The third-order valence-corrected chi connectivity index (χ3v) is 1.33. The highest BCUT2D eigenvalue weighted by Crippen LogP contribution is 2.16. The van der Waals surface area contributed by atoms with Crippen LogP contribution >= 0.6 is 12.6 Å². The third kappa shape index (κ3) is 2.55. The van der Waals surface area contributed by atoms with E-state index in [-0.39, 0.29) is 0 Å². The first-order valence-corrected chi connectivity index (χ1v) is 3.17. The van der Waals surface area contributed by atoms with E-state index in [9.17, 15) is 4.79 Å². The van der Waals surface area contributed by atoms with E-state index in [0.29, 0.717) is 0 Å². The second-order valence-corrected chi connectivity index (χ2v) is 3.70. The molecule has 0 spiro atoms. The van der Waals surface area contributed by atoms with Crippen LogP contribution in [0, 0.1) is 0 Å². The van der Waals surface area contributed by atoms with Crippen LogP contribution in [0.2, 0.25) is 1.43 Å². The number of hydrogen-bond donors (Lipinski definition) is 4. The van der Waals surface area contributed by atoms with Crippen molar-refractivity contribution in [2.24, 2.45) is 0 Å². The molecule has 0 aliphatic carbocycles. The topological polar surface area (TPSA) is 69.6 Å². The van der Waals surface area contributed by atoms with E-state index >= 15 is 0 Å². The Labute approximate surface area is 66.1 Å². The van der Waals surface area contributed by atoms with Crippen molar-refractivity contribution in [1.82, 2.24) is 5.48 Å². The molecule has 0 unspecified atom stereocenters. The zero-order valence-electron chi connectivity index (χ0n) is 6.79. The average Bonchev–Trinajstić information content (AvgIpc) is 1.79. The van der Waals surface area contributed by atoms with E-state index in [4.69, 9.17) is 6.54 Å². The Bertz CT molecular complexity index is 147. The first-order valence-electron chi connectivity index (χ1n) is 3.13. The molecule has 0 saturated carbocycles. The van der Waals surface area contributed by atoms with Gasteiger partial charge in [0.1, 0.15) is 6.04 Å². The Balaban J connectivity index is 4.22. The number of hydroxylamine groups is 1. The number of nitrogens with one attached hydrogen (secondary N) is 1. The van der Waals surface area contributed by atoms with E-state index < -0.39 is 16.8 Å². The van der Waals surface area contributed by atoms with Gasteiger partial charge in [0.2, 0.25) is 1.43 Å². The molecular formula is C5H11NO3S. The highest BCUT2D eigenvalue weighted by molar-refractivity contribution is 7.81. The lowest BCUT2D eigenvalue weighted by atomic mass is 10.0. The van der Waals surface area contributed by atoms with Gasteiger partial charge in [-0.2, -0.15) is 18.1 Å². The van der Waals surface area contributed by atoms with Crippen LogP contribution in [0.1, 0.15) is 13.8 Å². The largest absolute Gasteiger partial charge is 0.480 e. The maximum absolute atomic E-state index is 10.5. The lowest BCUT2D eigenvalue weighted by molar-refractivity contribution is -0.143. The zero-order valence-corrected chi connectivity index (χ0v) is 6.68. The lowest BCUT2D eigenvalue weighted by Crippen LogP contribution is -2.47. The van der Waals surface area contributed by atoms with Gasteiger partial charge in [-0.1, -0.05) is 0 Å². The maximum atomic E-state index is 10.5. The van der Waals surface area contributed by atoms with Crippen LogP contribution < -0.4 is 5.48 Å². The Kier molecular flexibility index (Phi) is 2.53. The minimum Gasteiger partial charge on any atom is -0.480 e. The van der Waals surface area contributed by atoms with Gasteiger partial charge in [0, 0.05) is 4.75 Å². The Morgan fingerprint density at radius 2 is 2.40 bits per heavy atom. The molecular weight excluding hydrogens is 154 g/mol. The maximum Gasteiger partial charge on any atom is 0.324 e. The highest BCUT2D eigenvalue weighted by Gasteiger charge is 2.31. The van der Waals surface area contributed by atoms with Gasteiger partial charge in [0.15, 0.2) is 0 Å². The van der Waals surface area contributed by atoms with Crippen molar-refractivity contribution < 1.29 is 16.5 Å². The van der Waals surface area contributed by atoms with Crippen molar-refractivity contribution in [1.29, 1.82) is 0 Å². The summed E-state index contributed by atoms with van der Waals surface area (Å²) in [6, 6.07) is -0.997. The van der Waals surface area contributed by atoms with Crippen molar-refractivity contribution >= 4 is 18.6 Å². The molecule has 0 radical (unpaired) electrons. The fourth-order valence-electron chi connectivity index (χ4n) is 0.497. The number of aliphatic carboxylic acids is 1. The minimum absolute atomic E-state index is 0.771. The summed E-state index contributed by atoms with van der Waals surface area (Å²) in [5.41, 5.74) is 2.01. The van der Waals surface area contributed by atoms with Gasteiger partial charge in [-0.05, 0) is 13.8 Å². The molecule has 3 N–H and O–H groups in total. The molecule has 60 valence electrons. The summed E-state index contributed by atoms with van der Waals surface area (Å²) in [5.74, 6) is -1.10. The molecule has 0 rings (SSSR count). The van der Waals surface area contributed by atoms with Crippen molar-refractivity contribution in [3.8, 4) is 0 Å². The van der Waals surface area contributed by atoms with Crippen LogP contribution in [0.4, 0.5) is 0 Å². The molecule has 0 aliphatic rings. The summed E-state index contributed by atoms with van der Waals surface area (Å²) in [6.07, 6.45) is 0. The molecule has 0 heterocycles.